The minimum Gasteiger partial charge on any atom is -0.488 e. The van der Waals surface area contributed by atoms with Crippen LogP contribution in [0.25, 0.3) is 22.0 Å². The standard InChI is InChI=1S/C20H18FN3O4/c1-10-9-28-19-16(11-4-12-6-22-2-3-23(12)7-11)15(21)5-13-17(19)24(10)8-14(18(13)25)20(26)27/h4-5,7-8,10,22H,2-3,6,9H2,1H3,(H,26,27)/t10-/m0/s1. The first kappa shape index (κ1) is 17.0. The second-order valence-electron chi connectivity index (χ2n) is 7.29. The number of aromatic carboxylic acids is 1. The maximum Gasteiger partial charge on any atom is 0.341 e. The predicted octanol–water partition coefficient (Wildman–Crippen LogP) is 2.36. The van der Waals surface area contributed by atoms with Gasteiger partial charge in [-0.1, -0.05) is 0 Å². The van der Waals surface area contributed by atoms with Gasteiger partial charge in [0.15, 0.2) is 5.75 Å². The lowest BCUT2D eigenvalue weighted by Gasteiger charge is -2.28. The van der Waals surface area contributed by atoms with E-state index in [4.69, 9.17) is 4.74 Å². The van der Waals surface area contributed by atoms with Crippen LogP contribution in [0.15, 0.2) is 29.3 Å². The molecule has 0 unspecified atom stereocenters. The number of hydrogen-bond donors (Lipinski definition) is 2. The SMILES string of the molecule is C[C@H]1COc2c(-c3cc4n(c3)CCNC4)c(F)cc3c(=O)c(C(=O)O)cn1c23. The van der Waals surface area contributed by atoms with Crippen LogP contribution < -0.4 is 15.5 Å². The van der Waals surface area contributed by atoms with Gasteiger partial charge in [-0.15, -0.1) is 0 Å². The highest BCUT2D eigenvalue weighted by atomic mass is 19.1. The molecule has 0 fully saturated rings. The first-order valence-corrected chi connectivity index (χ1v) is 9.13. The van der Waals surface area contributed by atoms with E-state index in [9.17, 15) is 14.7 Å². The van der Waals surface area contributed by atoms with Gasteiger partial charge in [-0.25, -0.2) is 9.18 Å². The summed E-state index contributed by atoms with van der Waals surface area (Å²) in [5.74, 6) is -1.63. The molecule has 5 rings (SSSR count). The Kier molecular flexibility index (Phi) is 3.60. The molecule has 3 aromatic rings. The third-order valence-corrected chi connectivity index (χ3v) is 5.51. The molecule has 0 saturated heterocycles. The van der Waals surface area contributed by atoms with Gasteiger partial charge in [0.05, 0.1) is 22.5 Å². The first-order valence-electron chi connectivity index (χ1n) is 9.13. The minimum atomic E-state index is -1.33. The summed E-state index contributed by atoms with van der Waals surface area (Å²) in [6.45, 7) is 4.47. The van der Waals surface area contributed by atoms with Crippen molar-refractivity contribution in [1.29, 1.82) is 0 Å². The summed E-state index contributed by atoms with van der Waals surface area (Å²) in [6.07, 6.45) is 3.23. The second kappa shape index (κ2) is 5.93. The number of carboxylic acid groups (broad SMARTS) is 1. The molecule has 0 aliphatic carbocycles. The largest absolute Gasteiger partial charge is 0.488 e. The van der Waals surface area contributed by atoms with E-state index in [0.29, 0.717) is 23.2 Å². The zero-order valence-electron chi connectivity index (χ0n) is 15.2. The lowest BCUT2D eigenvalue weighted by molar-refractivity contribution is 0.0694. The summed E-state index contributed by atoms with van der Waals surface area (Å²) in [6, 6.07) is 2.87. The summed E-state index contributed by atoms with van der Waals surface area (Å²) in [7, 11) is 0. The van der Waals surface area contributed by atoms with Crippen LogP contribution in [0.2, 0.25) is 0 Å². The van der Waals surface area contributed by atoms with Crippen molar-refractivity contribution < 1.29 is 19.0 Å². The molecule has 1 atom stereocenters. The van der Waals surface area contributed by atoms with Crippen LogP contribution in [-0.4, -0.2) is 33.4 Å². The van der Waals surface area contributed by atoms with E-state index in [1.807, 2.05) is 19.2 Å². The van der Waals surface area contributed by atoms with E-state index in [2.05, 4.69) is 9.88 Å². The Hall–Kier alpha value is -3.13. The van der Waals surface area contributed by atoms with E-state index in [1.54, 1.807) is 4.57 Å². The molecule has 7 nitrogen and oxygen atoms in total. The van der Waals surface area contributed by atoms with Crippen LogP contribution in [0.1, 0.15) is 29.0 Å². The Bertz CT molecular complexity index is 1190. The number of rotatable bonds is 2. The topological polar surface area (TPSA) is 85.5 Å². The van der Waals surface area contributed by atoms with Gasteiger partial charge in [0.1, 0.15) is 18.0 Å². The van der Waals surface area contributed by atoms with E-state index >= 15 is 4.39 Å². The van der Waals surface area contributed by atoms with Gasteiger partial charge in [0, 0.05) is 43.3 Å². The van der Waals surface area contributed by atoms with Crippen molar-refractivity contribution in [3.8, 4) is 16.9 Å². The Balaban J connectivity index is 1.85. The van der Waals surface area contributed by atoms with Crippen LogP contribution in [0.4, 0.5) is 4.39 Å². The summed E-state index contributed by atoms with van der Waals surface area (Å²) >= 11 is 0. The van der Waals surface area contributed by atoms with Crippen molar-refractivity contribution in [2.45, 2.75) is 26.1 Å². The second-order valence-corrected chi connectivity index (χ2v) is 7.29. The summed E-state index contributed by atoms with van der Waals surface area (Å²) in [4.78, 5) is 24.1. The molecule has 2 aromatic heterocycles. The van der Waals surface area contributed by atoms with Gasteiger partial charge in [-0.2, -0.15) is 0 Å². The molecule has 2 aliphatic heterocycles. The molecule has 0 spiro atoms. The number of carbonyl (C=O) groups is 1. The van der Waals surface area contributed by atoms with Crippen LogP contribution >= 0.6 is 0 Å². The molecule has 0 saturated carbocycles. The van der Waals surface area contributed by atoms with Gasteiger partial charge in [0.25, 0.3) is 0 Å². The predicted molar refractivity (Wildman–Crippen MR) is 100 cm³/mol. The Morgan fingerprint density at radius 2 is 2.18 bits per heavy atom. The molecule has 0 bridgehead atoms. The fourth-order valence-corrected chi connectivity index (χ4v) is 4.11. The molecule has 28 heavy (non-hydrogen) atoms. The fourth-order valence-electron chi connectivity index (χ4n) is 4.11. The molecule has 2 N–H and O–H groups in total. The van der Waals surface area contributed by atoms with Crippen LogP contribution in [0, 0.1) is 5.82 Å². The molecule has 8 heteroatoms. The third kappa shape index (κ3) is 2.31. The van der Waals surface area contributed by atoms with E-state index < -0.39 is 17.2 Å². The van der Waals surface area contributed by atoms with E-state index in [1.165, 1.54) is 6.20 Å². The first-order chi connectivity index (χ1) is 13.5. The maximum absolute atomic E-state index is 15.2. The highest BCUT2D eigenvalue weighted by Crippen LogP contribution is 2.42. The van der Waals surface area contributed by atoms with Gasteiger partial charge in [0.2, 0.25) is 5.43 Å². The number of carboxylic acids is 1. The Morgan fingerprint density at radius 3 is 2.93 bits per heavy atom. The average Bonchev–Trinajstić information content (AvgIpc) is 3.09. The van der Waals surface area contributed by atoms with Gasteiger partial charge >= 0.3 is 5.97 Å². The normalized spacial score (nSPS) is 18.0. The monoisotopic (exact) mass is 383 g/mol. The smallest absolute Gasteiger partial charge is 0.341 e. The highest BCUT2D eigenvalue weighted by Gasteiger charge is 2.29. The molecule has 1 aromatic carbocycles. The number of pyridine rings is 1. The molecule has 0 radical (unpaired) electrons. The Labute approximate surface area is 159 Å². The molecule has 4 heterocycles. The van der Waals surface area contributed by atoms with Crippen molar-refractivity contribution in [3.05, 3.63) is 51.8 Å². The average molecular weight is 383 g/mol. The van der Waals surface area contributed by atoms with Crippen molar-refractivity contribution in [2.24, 2.45) is 0 Å². The molecule has 2 aliphatic rings. The van der Waals surface area contributed by atoms with Crippen molar-refractivity contribution in [2.75, 3.05) is 13.2 Å². The molecular weight excluding hydrogens is 365 g/mol. The van der Waals surface area contributed by atoms with Crippen molar-refractivity contribution in [1.82, 2.24) is 14.5 Å². The Morgan fingerprint density at radius 1 is 1.36 bits per heavy atom. The zero-order chi connectivity index (χ0) is 19.6. The quantitative estimate of drug-likeness (QED) is 0.710. The number of hydrogen-bond acceptors (Lipinski definition) is 4. The molecule has 144 valence electrons. The van der Waals surface area contributed by atoms with E-state index in [0.717, 1.165) is 24.8 Å². The molecular formula is C20H18FN3O4. The van der Waals surface area contributed by atoms with Crippen molar-refractivity contribution in [3.63, 3.8) is 0 Å². The van der Waals surface area contributed by atoms with Crippen molar-refractivity contribution >= 4 is 16.9 Å². The minimum absolute atomic E-state index is 0.0216. The van der Waals surface area contributed by atoms with Gasteiger partial charge in [-0.05, 0) is 19.1 Å². The molecule has 0 amide bonds. The number of nitrogens with one attached hydrogen (secondary N) is 1. The van der Waals surface area contributed by atoms with Crippen LogP contribution in [-0.2, 0) is 13.1 Å². The number of fused-ring (bicyclic) bond motifs is 1. The maximum atomic E-state index is 15.2. The number of benzene rings is 1. The highest BCUT2D eigenvalue weighted by molar-refractivity contribution is 5.98. The summed E-state index contributed by atoms with van der Waals surface area (Å²) < 4.78 is 24.9. The summed E-state index contributed by atoms with van der Waals surface area (Å²) in [5.41, 5.74) is 1.40. The zero-order valence-corrected chi connectivity index (χ0v) is 15.2. The van der Waals surface area contributed by atoms with E-state index in [-0.39, 0.29) is 29.3 Å². The number of aromatic nitrogens is 2. The van der Waals surface area contributed by atoms with Gasteiger partial charge in [-0.3, -0.25) is 4.79 Å². The number of halogens is 1. The number of ether oxygens (including phenoxy) is 1. The fraction of sp³-hybridized carbons (Fsp3) is 0.300. The van der Waals surface area contributed by atoms with Gasteiger partial charge < -0.3 is 24.3 Å². The number of nitrogens with zero attached hydrogens (tertiary/aromatic N) is 2. The van der Waals surface area contributed by atoms with Crippen LogP contribution in [0.5, 0.6) is 5.75 Å². The summed E-state index contributed by atoms with van der Waals surface area (Å²) in [5, 5.41) is 12.7. The lowest BCUT2D eigenvalue weighted by atomic mass is 10.00. The van der Waals surface area contributed by atoms with Crippen LogP contribution in [0.3, 0.4) is 0 Å². The lowest BCUT2D eigenvalue weighted by Crippen LogP contribution is -2.27. The third-order valence-electron chi connectivity index (χ3n) is 5.51.